The van der Waals surface area contributed by atoms with Gasteiger partial charge >= 0.3 is 0 Å². The van der Waals surface area contributed by atoms with Crippen molar-refractivity contribution in [3.8, 4) is 0 Å². The van der Waals surface area contributed by atoms with Crippen LogP contribution in [0, 0.1) is 0 Å². The number of hydrogen-bond donors (Lipinski definition) is 3. The van der Waals surface area contributed by atoms with E-state index in [0.717, 1.165) is 12.8 Å². The summed E-state index contributed by atoms with van der Waals surface area (Å²) in [6.07, 6.45) is 2.09. The third kappa shape index (κ3) is 3.93. The first kappa shape index (κ1) is 11.2. The van der Waals surface area contributed by atoms with Gasteiger partial charge in [-0.3, -0.25) is 0 Å². The van der Waals surface area contributed by atoms with Gasteiger partial charge in [0.15, 0.2) is 0 Å². The Labute approximate surface area is 74.9 Å². The lowest BCUT2D eigenvalue weighted by Gasteiger charge is -2.09. The predicted molar refractivity (Wildman–Crippen MR) is 53.3 cm³/mol. The Morgan fingerprint density at radius 1 is 1.64 bits per heavy atom. The fourth-order valence-electron chi connectivity index (χ4n) is 0.807. The van der Waals surface area contributed by atoms with E-state index in [-0.39, 0.29) is 16.8 Å². The Balaban J connectivity index is 4.09. The number of rotatable bonds is 4. The molecule has 2 nitrogen and oxygen atoms in total. The van der Waals surface area contributed by atoms with E-state index >= 15 is 0 Å². The first-order valence-corrected chi connectivity index (χ1v) is 6.40. The van der Waals surface area contributed by atoms with Crippen LogP contribution in [-0.2, 0) is 0 Å². The van der Waals surface area contributed by atoms with Gasteiger partial charge in [0.1, 0.15) is 0 Å². The highest BCUT2D eigenvalue weighted by Crippen LogP contribution is 2.04. The predicted octanol–water partition coefficient (Wildman–Crippen LogP) is 0.825. The van der Waals surface area contributed by atoms with Crippen molar-refractivity contribution in [1.29, 1.82) is 0 Å². The summed E-state index contributed by atoms with van der Waals surface area (Å²) in [5, 5.41) is 18.1. The van der Waals surface area contributed by atoms with E-state index in [2.05, 4.69) is 19.6 Å². The Hall–Kier alpha value is 0.197. The molecule has 0 fully saturated rings. The summed E-state index contributed by atoms with van der Waals surface area (Å²) in [7, 11) is -0.972. The monoisotopic (exact) mass is 192 g/mol. The van der Waals surface area contributed by atoms with Crippen LogP contribution in [0.4, 0.5) is 0 Å². The fourth-order valence-corrected chi connectivity index (χ4v) is 2.87. The molecule has 0 bridgehead atoms. The van der Waals surface area contributed by atoms with Crippen LogP contribution in [0.3, 0.4) is 0 Å². The minimum atomic E-state index is -0.972. The lowest BCUT2D eigenvalue weighted by Crippen LogP contribution is -2.25. The maximum atomic E-state index is 9.19. The molecule has 0 saturated heterocycles. The maximum absolute atomic E-state index is 9.19. The normalized spacial score (nSPS) is 16.0. The number of aliphatic hydroxyl groups excluding tert-OH is 2. The lowest BCUT2D eigenvalue weighted by atomic mass is 10.4. The van der Waals surface area contributed by atoms with E-state index in [1.165, 1.54) is 0 Å². The molecule has 0 aromatic carbocycles. The van der Waals surface area contributed by atoms with Crippen LogP contribution in [0.1, 0.15) is 19.8 Å². The summed E-state index contributed by atoms with van der Waals surface area (Å²) in [6.45, 7) is 3.86. The van der Waals surface area contributed by atoms with Crippen molar-refractivity contribution in [3.05, 3.63) is 0 Å². The van der Waals surface area contributed by atoms with Gasteiger partial charge in [-0.2, -0.15) is 12.6 Å². The molecule has 0 amide bonds. The van der Waals surface area contributed by atoms with Crippen molar-refractivity contribution >= 4 is 26.4 Å². The van der Waals surface area contributed by atoms with Crippen molar-refractivity contribution in [1.82, 2.24) is 0 Å². The van der Waals surface area contributed by atoms with Crippen molar-refractivity contribution in [2.45, 2.75) is 31.2 Å². The van der Waals surface area contributed by atoms with Crippen molar-refractivity contribution in [2.24, 2.45) is 0 Å². The molecule has 4 heteroatoms. The first-order valence-electron chi connectivity index (χ1n) is 3.81. The third-order valence-corrected chi connectivity index (χ3v) is 5.44. The summed E-state index contributed by atoms with van der Waals surface area (Å²) in [5.41, 5.74) is 0. The molecule has 0 heterocycles. The SMILES string of the molecule is CCCC(S)/[Si](C)=C(\O)CO. The Morgan fingerprint density at radius 2 is 2.18 bits per heavy atom. The first-order chi connectivity index (χ1) is 5.13. The molecule has 0 radical (unpaired) electrons. The molecule has 0 aromatic heterocycles. The zero-order valence-electron chi connectivity index (χ0n) is 7.04. The number of hydrogen-bond acceptors (Lipinski definition) is 3. The lowest BCUT2D eigenvalue weighted by molar-refractivity contribution is 0.331. The second-order valence-electron chi connectivity index (χ2n) is 2.59. The molecule has 0 aromatic rings. The fraction of sp³-hybridized carbons (Fsp3) is 0.857. The van der Waals surface area contributed by atoms with Gasteiger partial charge in [-0.25, -0.2) is 0 Å². The topological polar surface area (TPSA) is 40.5 Å². The van der Waals surface area contributed by atoms with E-state index in [0.29, 0.717) is 0 Å². The zero-order chi connectivity index (χ0) is 8.85. The molecule has 1 atom stereocenters. The molecule has 11 heavy (non-hydrogen) atoms. The second-order valence-corrected chi connectivity index (χ2v) is 6.34. The molecular weight excluding hydrogens is 176 g/mol. The van der Waals surface area contributed by atoms with Gasteiger partial charge in [0.2, 0.25) is 0 Å². The summed E-state index contributed by atoms with van der Waals surface area (Å²) in [5.74, 6) is 0. The van der Waals surface area contributed by atoms with Crippen LogP contribution in [0.5, 0.6) is 0 Å². The van der Waals surface area contributed by atoms with Gasteiger partial charge in [0.25, 0.3) is 0 Å². The van der Waals surface area contributed by atoms with Crippen molar-refractivity contribution in [2.75, 3.05) is 6.61 Å². The Morgan fingerprint density at radius 3 is 2.55 bits per heavy atom. The molecule has 0 rings (SSSR count). The van der Waals surface area contributed by atoms with Crippen molar-refractivity contribution in [3.63, 3.8) is 0 Å². The highest BCUT2D eigenvalue weighted by atomic mass is 32.1. The molecule has 1 unspecified atom stereocenters. The van der Waals surface area contributed by atoms with Crippen LogP contribution in [0.2, 0.25) is 6.55 Å². The summed E-state index contributed by atoms with van der Waals surface area (Å²) in [6, 6.07) is 0. The highest BCUT2D eigenvalue weighted by molar-refractivity contribution is 7.82. The van der Waals surface area contributed by atoms with E-state index in [9.17, 15) is 5.11 Å². The van der Waals surface area contributed by atoms with Gasteiger partial charge in [0, 0.05) is 4.87 Å². The Bertz CT molecular complexity index is 147. The molecule has 0 saturated carbocycles. The van der Waals surface area contributed by atoms with Gasteiger partial charge in [-0.1, -0.05) is 19.9 Å². The standard InChI is InChI=1S/C7H16O2SSi/c1-3-4-7(10)11(2)6(9)5-8/h7-10H,3-5H2,1-2H3/b11-6-. The Kier molecular flexibility index (Phi) is 5.90. The molecule has 2 N–H and O–H groups in total. The zero-order valence-corrected chi connectivity index (χ0v) is 8.93. The summed E-state index contributed by atoms with van der Waals surface area (Å²) in [4.78, 5) is 0.261. The minimum Gasteiger partial charge on any atom is -0.516 e. The van der Waals surface area contributed by atoms with E-state index in [4.69, 9.17) is 5.11 Å². The van der Waals surface area contributed by atoms with Crippen LogP contribution in [0.15, 0.2) is 0 Å². The molecular formula is C7H16O2SSi. The molecule has 0 spiro atoms. The summed E-state index contributed by atoms with van der Waals surface area (Å²) >= 11 is 4.35. The van der Waals surface area contributed by atoms with Crippen LogP contribution >= 0.6 is 12.6 Å². The average Bonchev–Trinajstić information content (AvgIpc) is 2.02. The van der Waals surface area contributed by atoms with E-state index in [1.807, 2.05) is 6.55 Å². The summed E-state index contributed by atoms with van der Waals surface area (Å²) < 4.78 is 0. The van der Waals surface area contributed by atoms with Crippen LogP contribution < -0.4 is 0 Å². The quantitative estimate of drug-likeness (QED) is 0.456. The molecule has 0 aliphatic heterocycles. The number of thiol groups is 1. The maximum Gasteiger partial charge on any atom is 0.0947 e. The molecule has 0 aliphatic rings. The average molecular weight is 192 g/mol. The smallest absolute Gasteiger partial charge is 0.0947 e. The minimum absolute atomic E-state index is 0.203. The second kappa shape index (κ2) is 5.80. The van der Waals surface area contributed by atoms with E-state index in [1.54, 1.807) is 0 Å². The molecule has 0 aliphatic carbocycles. The highest BCUT2D eigenvalue weighted by Gasteiger charge is 2.09. The van der Waals surface area contributed by atoms with Crippen molar-refractivity contribution < 1.29 is 10.2 Å². The largest absolute Gasteiger partial charge is 0.516 e. The molecule has 66 valence electrons. The van der Waals surface area contributed by atoms with E-state index < -0.39 is 8.41 Å². The van der Waals surface area contributed by atoms with Crippen LogP contribution in [0.25, 0.3) is 0 Å². The van der Waals surface area contributed by atoms with Gasteiger partial charge in [0.05, 0.1) is 20.4 Å². The third-order valence-electron chi connectivity index (χ3n) is 1.67. The van der Waals surface area contributed by atoms with Gasteiger partial charge < -0.3 is 10.2 Å². The van der Waals surface area contributed by atoms with Gasteiger partial charge in [-0.15, -0.1) is 0 Å². The van der Waals surface area contributed by atoms with Crippen LogP contribution in [-0.4, -0.2) is 35.5 Å². The van der Waals surface area contributed by atoms with Gasteiger partial charge in [-0.05, 0) is 6.42 Å². The number of aliphatic hydroxyl groups is 2.